The van der Waals surface area contributed by atoms with Crippen LogP contribution in [0.4, 0.5) is 0 Å². The molecule has 0 radical (unpaired) electrons. The van der Waals surface area contributed by atoms with E-state index in [9.17, 15) is 14.4 Å². The molecule has 0 aliphatic heterocycles. The van der Waals surface area contributed by atoms with Crippen LogP contribution in [0.5, 0.6) is 0 Å². The van der Waals surface area contributed by atoms with Crippen LogP contribution < -0.4 is 0 Å². The van der Waals surface area contributed by atoms with Gasteiger partial charge in [-0.15, -0.1) is 0 Å². The number of unbranched alkanes of at least 4 members (excludes halogenated alkanes) is 46. The van der Waals surface area contributed by atoms with Crippen molar-refractivity contribution >= 4 is 17.9 Å². The average Bonchev–Trinajstić information content (AvgIpc) is 3.36. The minimum atomic E-state index is -0.768. The van der Waals surface area contributed by atoms with Gasteiger partial charge in [-0.1, -0.05) is 309 Å². The summed E-state index contributed by atoms with van der Waals surface area (Å²) in [6.45, 7) is 6.68. The van der Waals surface area contributed by atoms with E-state index in [1.54, 1.807) is 0 Å². The summed E-state index contributed by atoms with van der Waals surface area (Å²) < 4.78 is 16.9. The summed E-state index contributed by atoms with van der Waals surface area (Å²) in [6, 6.07) is 0. The van der Waals surface area contributed by atoms with Gasteiger partial charge in [0.1, 0.15) is 13.2 Å². The standard InChI is InChI=1S/C64H122O6/c1-4-7-10-13-16-19-22-25-27-29-31-33-35-37-39-42-45-48-51-54-57-63(66)69-60-61(59-68-62(65)56-53-50-47-44-41-24-21-18-15-12-9-6-3)70-64(67)58-55-52-49-46-43-40-38-36-34-32-30-28-26-23-20-17-14-11-8-5-2/h18,21,61H,4-17,19-20,22-60H2,1-3H3/b21-18-. The van der Waals surface area contributed by atoms with E-state index in [2.05, 4.69) is 32.9 Å². The van der Waals surface area contributed by atoms with E-state index in [1.807, 2.05) is 0 Å². The molecule has 1 unspecified atom stereocenters. The van der Waals surface area contributed by atoms with Crippen LogP contribution in [0, 0.1) is 0 Å². The molecule has 0 fully saturated rings. The number of esters is 3. The summed E-state index contributed by atoms with van der Waals surface area (Å²) in [5.74, 6) is -0.846. The highest BCUT2D eigenvalue weighted by molar-refractivity contribution is 5.71. The van der Waals surface area contributed by atoms with Gasteiger partial charge in [0.2, 0.25) is 0 Å². The molecule has 0 N–H and O–H groups in total. The zero-order chi connectivity index (χ0) is 50.7. The molecular formula is C64H122O6. The van der Waals surface area contributed by atoms with Gasteiger partial charge in [-0.25, -0.2) is 0 Å². The van der Waals surface area contributed by atoms with Gasteiger partial charge in [-0.3, -0.25) is 14.4 Å². The molecule has 6 heteroatoms. The van der Waals surface area contributed by atoms with E-state index in [-0.39, 0.29) is 31.1 Å². The maximum Gasteiger partial charge on any atom is 0.306 e. The Bertz CT molecular complexity index is 1090. The number of carbonyl (C=O) groups excluding carboxylic acids is 3. The van der Waals surface area contributed by atoms with Gasteiger partial charge in [-0.05, 0) is 44.9 Å². The molecule has 0 aromatic carbocycles. The van der Waals surface area contributed by atoms with Crippen molar-refractivity contribution in [3.63, 3.8) is 0 Å². The van der Waals surface area contributed by atoms with E-state index in [1.165, 1.54) is 257 Å². The van der Waals surface area contributed by atoms with E-state index >= 15 is 0 Å². The van der Waals surface area contributed by atoms with Gasteiger partial charge < -0.3 is 14.2 Å². The fourth-order valence-corrected chi connectivity index (χ4v) is 9.74. The molecule has 0 aliphatic carbocycles. The fraction of sp³-hybridized carbons (Fsp3) is 0.922. The molecule has 1 atom stereocenters. The number of allylic oxidation sites excluding steroid dienone is 2. The van der Waals surface area contributed by atoms with Gasteiger partial charge in [0, 0.05) is 19.3 Å². The Balaban J connectivity index is 4.24. The van der Waals surface area contributed by atoms with Crippen LogP contribution in [-0.2, 0) is 28.6 Å². The second-order valence-corrected chi connectivity index (χ2v) is 21.7. The zero-order valence-corrected chi connectivity index (χ0v) is 47.6. The molecule has 0 saturated carbocycles. The first kappa shape index (κ1) is 68.2. The third kappa shape index (κ3) is 57.1. The largest absolute Gasteiger partial charge is 0.462 e. The Morgan fingerprint density at radius 1 is 0.271 bits per heavy atom. The van der Waals surface area contributed by atoms with Crippen molar-refractivity contribution in [1.29, 1.82) is 0 Å². The van der Waals surface area contributed by atoms with E-state index in [0.717, 1.165) is 64.2 Å². The first-order valence-electron chi connectivity index (χ1n) is 31.7. The fourth-order valence-electron chi connectivity index (χ4n) is 9.74. The molecule has 0 amide bonds. The number of hydrogen-bond acceptors (Lipinski definition) is 6. The Labute approximate surface area is 437 Å². The highest BCUT2D eigenvalue weighted by atomic mass is 16.6. The molecule has 0 aliphatic rings. The summed E-state index contributed by atoms with van der Waals surface area (Å²) >= 11 is 0. The third-order valence-corrected chi connectivity index (χ3v) is 14.5. The second-order valence-electron chi connectivity index (χ2n) is 21.7. The molecule has 0 heterocycles. The molecule has 0 rings (SSSR count). The van der Waals surface area contributed by atoms with Crippen molar-refractivity contribution in [3.05, 3.63) is 12.2 Å². The van der Waals surface area contributed by atoms with Gasteiger partial charge in [0.05, 0.1) is 0 Å². The lowest BCUT2D eigenvalue weighted by atomic mass is 10.0. The smallest absolute Gasteiger partial charge is 0.306 e. The van der Waals surface area contributed by atoms with Crippen LogP contribution in [0.3, 0.4) is 0 Å². The van der Waals surface area contributed by atoms with Crippen LogP contribution >= 0.6 is 0 Å². The van der Waals surface area contributed by atoms with Gasteiger partial charge in [0.25, 0.3) is 0 Å². The normalized spacial score (nSPS) is 12.0. The molecule has 0 saturated heterocycles. The first-order valence-corrected chi connectivity index (χ1v) is 31.7. The Kier molecular flexibility index (Phi) is 58.1. The topological polar surface area (TPSA) is 78.9 Å². The second kappa shape index (κ2) is 59.7. The molecule has 6 nitrogen and oxygen atoms in total. The lowest BCUT2D eigenvalue weighted by Crippen LogP contribution is -2.30. The molecular weight excluding hydrogens is 865 g/mol. The van der Waals surface area contributed by atoms with E-state index in [4.69, 9.17) is 14.2 Å². The number of rotatable bonds is 59. The number of ether oxygens (including phenoxy) is 3. The number of hydrogen-bond donors (Lipinski definition) is 0. The summed E-state index contributed by atoms with van der Waals surface area (Å²) in [6.07, 6.45) is 69.3. The zero-order valence-electron chi connectivity index (χ0n) is 47.6. The Hall–Kier alpha value is -1.85. The van der Waals surface area contributed by atoms with Gasteiger partial charge in [0.15, 0.2) is 6.10 Å². The molecule has 0 spiro atoms. The molecule has 0 aromatic rings. The summed E-state index contributed by atoms with van der Waals surface area (Å²) in [5, 5.41) is 0. The van der Waals surface area contributed by atoms with Crippen LogP contribution in [0.1, 0.15) is 361 Å². The van der Waals surface area contributed by atoms with Crippen molar-refractivity contribution in [3.8, 4) is 0 Å². The third-order valence-electron chi connectivity index (χ3n) is 14.5. The highest BCUT2D eigenvalue weighted by Gasteiger charge is 2.19. The summed E-state index contributed by atoms with van der Waals surface area (Å²) in [7, 11) is 0. The molecule has 0 bridgehead atoms. The molecule has 414 valence electrons. The van der Waals surface area contributed by atoms with Crippen LogP contribution in [0.15, 0.2) is 12.2 Å². The number of carbonyl (C=O) groups is 3. The summed E-state index contributed by atoms with van der Waals surface area (Å²) in [5.41, 5.74) is 0. The van der Waals surface area contributed by atoms with Crippen LogP contribution in [-0.4, -0.2) is 37.2 Å². The average molecular weight is 988 g/mol. The van der Waals surface area contributed by atoms with Gasteiger partial charge in [-0.2, -0.15) is 0 Å². The molecule has 70 heavy (non-hydrogen) atoms. The van der Waals surface area contributed by atoms with Crippen molar-refractivity contribution < 1.29 is 28.6 Å². The SMILES string of the molecule is CCCCC/C=C\CCCCCCCC(=O)OCC(COC(=O)CCCCCCCCCCCCCCCCCCCCCC)OC(=O)CCCCCCCCCCCCCCCCCCCCCC. The van der Waals surface area contributed by atoms with Crippen molar-refractivity contribution in [2.24, 2.45) is 0 Å². The van der Waals surface area contributed by atoms with Crippen molar-refractivity contribution in [2.45, 2.75) is 367 Å². The van der Waals surface area contributed by atoms with Gasteiger partial charge >= 0.3 is 17.9 Å². The Morgan fingerprint density at radius 2 is 0.471 bits per heavy atom. The van der Waals surface area contributed by atoms with E-state index in [0.29, 0.717) is 19.3 Å². The lowest BCUT2D eigenvalue weighted by molar-refractivity contribution is -0.167. The predicted octanol–water partition coefficient (Wildman–Crippen LogP) is 21.3. The van der Waals surface area contributed by atoms with E-state index < -0.39 is 6.10 Å². The van der Waals surface area contributed by atoms with Crippen LogP contribution in [0.2, 0.25) is 0 Å². The van der Waals surface area contributed by atoms with Crippen molar-refractivity contribution in [2.75, 3.05) is 13.2 Å². The monoisotopic (exact) mass is 987 g/mol. The predicted molar refractivity (Wildman–Crippen MR) is 303 cm³/mol. The maximum atomic E-state index is 12.9. The summed E-state index contributed by atoms with van der Waals surface area (Å²) in [4.78, 5) is 38.2. The minimum Gasteiger partial charge on any atom is -0.462 e. The Morgan fingerprint density at radius 3 is 0.743 bits per heavy atom. The maximum absolute atomic E-state index is 12.9. The quantitative estimate of drug-likeness (QED) is 0.0261. The van der Waals surface area contributed by atoms with Crippen molar-refractivity contribution in [1.82, 2.24) is 0 Å². The molecule has 0 aromatic heterocycles. The minimum absolute atomic E-state index is 0.0661. The lowest BCUT2D eigenvalue weighted by Gasteiger charge is -2.18. The highest BCUT2D eigenvalue weighted by Crippen LogP contribution is 2.18. The van der Waals surface area contributed by atoms with Crippen LogP contribution in [0.25, 0.3) is 0 Å². The first-order chi connectivity index (χ1) is 34.5.